The Morgan fingerprint density at radius 3 is 0.989 bits per heavy atom. The first-order valence-corrected chi connectivity index (χ1v) is 30.3. The molecule has 0 bridgehead atoms. The molecule has 16 aromatic rings. The van der Waals surface area contributed by atoms with Gasteiger partial charge in [0.25, 0.3) is 0 Å². The van der Waals surface area contributed by atoms with Gasteiger partial charge in [0.05, 0.1) is 56.0 Å². The smallest absolute Gasteiger partial charge is 0.101 e. The molecule has 0 spiro atoms. The number of hydrogen-bond acceptors (Lipinski definition) is 3. The van der Waals surface area contributed by atoms with Crippen LogP contribution in [0.4, 0.5) is 0 Å². The van der Waals surface area contributed by atoms with Crippen molar-refractivity contribution in [1.82, 2.24) is 14.1 Å². The molecule has 0 N–H and O–H groups in total. The molecular weight excluding hydrogens is 1090 g/mol. The number of para-hydroxylation sites is 2. The lowest BCUT2D eigenvalue weighted by molar-refractivity contribution is 1.17. The van der Waals surface area contributed by atoms with Crippen LogP contribution in [0.2, 0.25) is 0 Å². The van der Waals surface area contributed by atoms with E-state index < -0.39 is 0 Å². The molecule has 16 rings (SSSR count). The number of rotatable bonds is 11. The van der Waals surface area contributed by atoms with Gasteiger partial charge in [-0.25, -0.2) is 4.98 Å². The molecule has 5 nitrogen and oxygen atoms in total. The summed E-state index contributed by atoms with van der Waals surface area (Å²) in [5.41, 5.74) is 23.7. The monoisotopic (exact) mass is 1140 g/mol. The van der Waals surface area contributed by atoms with Crippen molar-refractivity contribution < 1.29 is 0 Å². The molecule has 0 fully saturated rings. The third-order valence-corrected chi connectivity index (χ3v) is 17.6. The molecular formula is C85H53N5. The van der Waals surface area contributed by atoms with E-state index in [0.29, 0.717) is 11.3 Å². The third-order valence-electron chi connectivity index (χ3n) is 17.6. The van der Waals surface area contributed by atoms with Crippen LogP contribution in [0.15, 0.2) is 322 Å². The van der Waals surface area contributed by atoms with Crippen LogP contribution >= 0.6 is 0 Å². The maximum Gasteiger partial charge on any atom is 0.101 e. The van der Waals surface area contributed by atoms with Gasteiger partial charge in [0.1, 0.15) is 12.1 Å². The highest BCUT2D eigenvalue weighted by atomic mass is 15.0. The van der Waals surface area contributed by atoms with E-state index in [9.17, 15) is 10.5 Å². The maximum absolute atomic E-state index is 11.6. The normalized spacial score (nSPS) is 11.3. The van der Waals surface area contributed by atoms with Crippen LogP contribution in [-0.2, 0) is 0 Å². The minimum absolute atomic E-state index is 0.282. The highest BCUT2D eigenvalue weighted by Crippen LogP contribution is 2.53. The van der Waals surface area contributed by atoms with Gasteiger partial charge in [-0.3, -0.25) is 0 Å². The number of aromatic nitrogens is 3. The topological polar surface area (TPSA) is 70.3 Å². The van der Waals surface area contributed by atoms with Crippen molar-refractivity contribution in [3.05, 3.63) is 333 Å². The summed E-state index contributed by atoms with van der Waals surface area (Å²) in [5.74, 6) is 0. The zero-order chi connectivity index (χ0) is 60.1. The molecule has 5 heteroatoms. The average Bonchev–Trinajstić information content (AvgIpc) is 1.31. The summed E-state index contributed by atoms with van der Waals surface area (Å²) in [7, 11) is 0. The van der Waals surface area contributed by atoms with E-state index in [2.05, 4.69) is 312 Å². The Morgan fingerprint density at radius 2 is 0.589 bits per heavy atom. The van der Waals surface area contributed by atoms with Crippen molar-refractivity contribution >= 4 is 43.6 Å². The van der Waals surface area contributed by atoms with Crippen molar-refractivity contribution in [3.8, 4) is 124 Å². The summed E-state index contributed by atoms with van der Waals surface area (Å²) in [6.45, 7) is 0. The molecule has 3 heterocycles. The van der Waals surface area contributed by atoms with Gasteiger partial charge in [0, 0.05) is 60.5 Å². The van der Waals surface area contributed by atoms with E-state index in [1.807, 2.05) is 24.3 Å². The molecule has 0 unspecified atom stereocenters. The first kappa shape index (κ1) is 53.1. The Hall–Kier alpha value is -12.4. The predicted octanol–water partition coefficient (Wildman–Crippen LogP) is 22.0. The van der Waals surface area contributed by atoms with Crippen LogP contribution in [-0.4, -0.2) is 14.1 Å². The van der Waals surface area contributed by atoms with Crippen LogP contribution in [0, 0.1) is 22.7 Å². The fraction of sp³-hybridized carbons (Fsp3) is 0. The van der Waals surface area contributed by atoms with Crippen LogP contribution < -0.4 is 0 Å². The van der Waals surface area contributed by atoms with Crippen LogP contribution in [0.1, 0.15) is 11.1 Å². The van der Waals surface area contributed by atoms with E-state index in [1.165, 1.54) is 0 Å². The van der Waals surface area contributed by atoms with Gasteiger partial charge in [-0.1, -0.05) is 255 Å². The minimum atomic E-state index is 0.282. The van der Waals surface area contributed by atoms with Gasteiger partial charge in [0.2, 0.25) is 0 Å². The second kappa shape index (κ2) is 22.5. The molecule has 0 aliphatic carbocycles. The molecule has 0 aliphatic rings. The van der Waals surface area contributed by atoms with Crippen molar-refractivity contribution in [3.63, 3.8) is 0 Å². The lowest BCUT2D eigenvalue weighted by Gasteiger charge is -2.26. The largest absolute Gasteiger partial charge is 0.309 e. The van der Waals surface area contributed by atoms with E-state index in [0.717, 1.165) is 144 Å². The number of hydrogen-bond donors (Lipinski definition) is 0. The summed E-state index contributed by atoms with van der Waals surface area (Å²) < 4.78 is 4.80. The second-order valence-corrected chi connectivity index (χ2v) is 22.7. The SMILES string of the molecule is N#Cc1cccc(-c2c(-c3ccccc3)c(-c3ccccc3-n3c4ccc(-c5ccccc5)cc4c4cc(-c5ccccc5)ccc43)nc(-c3ccccc3)c2-c2ccccc2-n2c3ccc(-c4ccccc4)cc3c3cc(-c4ccccc4)ccc32)c1C#N. The van der Waals surface area contributed by atoms with E-state index >= 15 is 0 Å². The molecule has 0 aliphatic heterocycles. The zero-order valence-corrected chi connectivity index (χ0v) is 48.8. The highest BCUT2D eigenvalue weighted by molar-refractivity contribution is 6.15. The number of benzene rings is 13. The Bertz CT molecular complexity index is 5330. The van der Waals surface area contributed by atoms with Gasteiger partial charge < -0.3 is 9.13 Å². The molecule has 0 atom stereocenters. The summed E-state index contributed by atoms with van der Waals surface area (Å²) in [5, 5.41) is 27.0. The predicted molar refractivity (Wildman–Crippen MR) is 371 cm³/mol. The lowest BCUT2D eigenvalue weighted by atomic mass is 9.81. The van der Waals surface area contributed by atoms with Gasteiger partial charge in [0.15, 0.2) is 0 Å². The van der Waals surface area contributed by atoms with E-state index in [4.69, 9.17) is 4.98 Å². The minimum Gasteiger partial charge on any atom is -0.309 e. The number of fused-ring (bicyclic) bond motifs is 6. The second-order valence-electron chi connectivity index (χ2n) is 22.7. The summed E-state index contributed by atoms with van der Waals surface area (Å²) in [6.07, 6.45) is 0. The molecule has 418 valence electrons. The van der Waals surface area contributed by atoms with Gasteiger partial charge >= 0.3 is 0 Å². The lowest BCUT2D eigenvalue weighted by Crippen LogP contribution is -2.06. The molecule has 0 saturated carbocycles. The zero-order valence-electron chi connectivity index (χ0n) is 48.8. The number of nitriles is 2. The van der Waals surface area contributed by atoms with Gasteiger partial charge in [-0.2, -0.15) is 10.5 Å². The highest BCUT2D eigenvalue weighted by Gasteiger charge is 2.31. The molecule has 0 saturated heterocycles. The standard InChI is InChI=1S/C85H53N5/c86-54-66-36-23-39-67(74(66)55-87)82-81(60-32-15-5-16-33-60)85(69-38-20-22-41-76(69)90-79-48-44-64(58-28-11-3-12-29-58)52-72(79)73-53-65(45-49-80(73)90)59-30-13-4-14-31-59)88-84(61-34-17-6-18-35-61)83(82)68-37-19-21-40-75(68)89-77-46-42-62(56-24-7-1-8-25-56)50-70(77)71-51-63(43-47-78(71)89)57-26-9-2-10-27-57/h1-53H. The van der Waals surface area contributed by atoms with Crippen molar-refractivity contribution in [1.29, 1.82) is 10.5 Å². The Kier molecular flexibility index (Phi) is 13.2. The van der Waals surface area contributed by atoms with Crippen molar-refractivity contribution in [2.24, 2.45) is 0 Å². The van der Waals surface area contributed by atoms with Crippen LogP contribution in [0.25, 0.3) is 155 Å². The maximum atomic E-state index is 11.6. The van der Waals surface area contributed by atoms with Crippen LogP contribution in [0.5, 0.6) is 0 Å². The molecule has 0 amide bonds. The summed E-state index contributed by atoms with van der Waals surface area (Å²) >= 11 is 0. The fourth-order valence-corrected chi connectivity index (χ4v) is 13.5. The van der Waals surface area contributed by atoms with Gasteiger partial charge in [-0.15, -0.1) is 0 Å². The van der Waals surface area contributed by atoms with E-state index in [-0.39, 0.29) is 11.1 Å². The summed E-state index contributed by atoms with van der Waals surface area (Å²) in [6, 6.07) is 118. The first-order valence-electron chi connectivity index (χ1n) is 30.3. The number of nitrogens with zero attached hydrogens (tertiary/aromatic N) is 5. The van der Waals surface area contributed by atoms with Gasteiger partial charge in [-0.05, 0) is 117 Å². The Labute approximate surface area is 521 Å². The Morgan fingerprint density at radius 1 is 0.244 bits per heavy atom. The van der Waals surface area contributed by atoms with Crippen molar-refractivity contribution in [2.45, 2.75) is 0 Å². The first-order chi connectivity index (χ1) is 44.6. The molecule has 13 aromatic carbocycles. The van der Waals surface area contributed by atoms with E-state index in [1.54, 1.807) is 6.07 Å². The van der Waals surface area contributed by atoms with Crippen LogP contribution in [0.3, 0.4) is 0 Å². The third kappa shape index (κ3) is 9.05. The summed E-state index contributed by atoms with van der Waals surface area (Å²) in [4.78, 5) is 6.16. The molecule has 3 aromatic heterocycles. The Balaban J connectivity index is 1.03. The number of pyridine rings is 1. The molecule has 0 radical (unpaired) electrons. The molecule has 90 heavy (non-hydrogen) atoms. The average molecular weight is 1140 g/mol. The fourth-order valence-electron chi connectivity index (χ4n) is 13.5. The van der Waals surface area contributed by atoms with Crippen molar-refractivity contribution in [2.75, 3.05) is 0 Å². The quantitative estimate of drug-likeness (QED) is 0.130.